The van der Waals surface area contributed by atoms with Crippen molar-refractivity contribution < 1.29 is 4.79 Å². The number of nitrogens with one attached hydrogen (secondary N) is 1. The molecule has 0 saturated carbocycles. The van der Waals surface area contributed by atoms with Gasteiger partial charge in [0.15, 0.2) is 0 Å². The second-order valence-electron chi connectivity index (χ2n) is 5.90. The van der Waals surface area contributed by atoms with Crippen LogP contribution in [0.1, 0.15) is 18.5 Å². The number of pyridine rings is 1. The smallest absolute Gasteiger partial charge is 0.317 e. The molecule has 1 aromatic carbocycles. The number of piperazine rings is 1. The molecule has 1 aliphatic heterocycles. The Morgan fingerprint density at radius 3 is 2.33 bits per heavy atom. The molecule has 0 unspecified atom stereocenters. The number of benzene rings is 1. The first-order valence-electron chi connectivity index (χ1n) is 8.09. The standard InChI is InChI=1S/C18H21BrN4O/c1-14(15-2-4-16(19)5-3-15)21-18(24)23-12-10-22(11-13-23)17-6-8-20-9-7-17/h2-9,14H,10-13H2,1H3,(H,21,24)/t14-/m1/s1. The molecule has 2 aromatic rings. The summed E-state index contributed by atoms with van der Waals surface area (Å²) in [5.74, 6) is 0. The number of carbonyl (C=O) groups is 1. The molecule has 1 saturated heterocycles. The lowest BCUT2D eigenvalue weighted by atomic mass is 10.1. The fourth-order valence-electron chi connectivity index (χ4n) is 2.83. The Balaban J connectivity index is 1.52. The van der Waals surface area contributed by atoms with E-state index >= 15 is 0 Å². The first kappa shape index (κ1) is 16.8. The predicted octanol–water partition coefficient (Wildman–Crippen LogP) is 3.44. The van der Waals surface area contributed by atoms with Crippen LogP contribution in [-0.2, 0) is 0 Å². The van der Waals surface area contributed by atoms with Crippen molar-refractivity contribution in [3.8, 4) is 0 Å². The normalized spacial score (nSPS) is 15.9. The van der Waals surface area contributed by atoms with Gasteiger partial charge in [0.25, 0.3) is 0 Å². The van der Waals surface area contributed by atoms with E-state index in [0.29, 0.717) is 0 Å². The molecule has 1 atom stereocenters. The molecule has 0 bridgehead atoms. The second kappa shape index (κ2) is 7.66. The Morgan fingerprint density at radius 2 is 1.71 bits per heavy atom. The van der Waals surface area contributed by atoms with E-state index in [9.17, 15) is 4.79 Å². The molecule has 2 amide bonds. The van der Waals surface area contributed by atoms with Crippen LogP contribution in [0.15, 0.2) is 53.3 Å². The van der Waals surface area contributed by atoms with Gasteiger partial charge in [-0.05, 0) is 36.8 Å². The Morgan fingerprint density at radius 1 is 1.08 bits per heavy atom. The topological polar surface area (TPSA) is 48.5 Å². The first-order valence-corrected chi connectivity index (χ1v) is 8.88. The molecule has 3 rings (SSSR count). The van der Waals surface area contributed by atoms with E-state index in [0.717, 1.165) is 41.9 Å². The van der Waals surface area contributed by atoms with Crippen molar-refractivity contribution >= 4 is 27.6 Å². The highest BCUT2D eigenvalue weighted by Crippen LogP contribution is 2.18. The number of halogens is 1. The van der Waals surface area contributed by atoms with Crippen LogP contribution in [0.2, 0.25) is 0 Å². The van der Waals surface area contributed by atoms with Crippen molar-refractivity contribution in [1.82, 2.24) is 15.2 Å². The molecule has 24 heavy (non-hydrogen) atoms. The van der Waals surface area contributed by atoms with Crippen molar-refractivity contribution in [2.24, 2.45) is 0 Å². The largest absolute Gasteiger partial charge is 0.368 e. The molecule has 0 aliphatic carbocycles. The van der Waals surface area contributed by atoms with Crippen molar-refractivity contribution in [3.05, 3.63) is 58.8 Å². The molecule has 1 aromatic heterocycles. The Labute approximate surface area is 150 Å². The highest BCUT2D eigenvalue weighted by Gasteiger charge is 2.22. The third-order valence-corrected chi connectivity index (χ3v) is 4.83. The number of nitrogens with zero attached hydrogens (tertiary/aromatic N) is 3. The van der Waals surface area contributed by atoms with Crippen LogP contribution in [-0.4, -0.2) is 42.1 Å². The monoisotopic (exact) mass is 388 g/mol. The van der Waals surface area contributed by atoms with Crippen molar-refractivity contribution in [2.75, 3.05) is 31.1 Å². The number of hydrogen-bond acceptors (Lipinski definition) is 3. The summed E-state index contributed by atoms with van der Waals surface area (Å²) in [6.45, 7) is 5.13. The van der Waals surface area contributed by atoms with Crippen LogP contribution >= 0.6 is 15.9 Å². The molecule has 1 N–H and O–H groups in total. The number of amides is 2. The van der Waals surface area contributed by atoms with Gasteiger partial charge in [0, 0.05) is 48.7 Å². The van der Waals surface area contributed by atoms with Gasteiger partial charge in [-0.1, -0.05) is 28.1 Å². The average molecular weight is 389 g/mol. The lowest BCUT2D eigenvalue weighted by molar-refractivity contribution is 0.191. The molecule has 0 spiro atoms. The lowest BCUT2D eigenvalue weighted by Crippen LogP contribution is -2.52. The van der Waals surface area contributed by atoms with E-state index in [1.165, 1.54) is 0 Å². The third kappa shape index (κ3) is 4.06. The highest BCUT2D eigenvalue weighted by molar-refractivity contribution is 9.10. The molecule has 5 nitrogen and oxygen atoms in total. The number of anilines is 1. The maximum atomic E-state index is 12.5. The summed E-state index contributed by atoms with van der Waals surface area (Å²) in [5, 5.41) is 3.08. The van der Waals surface area contributed by atoms with Gasteiger partial charge in [0.1, 0.15) is 0 Å². The van der Waals surface area contributed by atoms with E-state index in [1.807, 2.05) is 48.2 Å². The Bertz CT molecular complexity index is 669. The quantitative estimate of drug-likeness (QED) is 0.875. The number of rotatable bonds is 3. The van der Waals surface area contributed by atoms with Crippen LogP contribution < -0.4 is 10.2 Å². The van der Waals surface area contributed by atoms with Gasteiger partial charge >= 0.3 is 6.03 Å². The zero-order valence-corrected chi connectivity index (χ0v) is 15.2. The summed E-state index contributed by atoms with van der Waals surface area (Å²) in [6, 6.07) is 12.0. The van der Waals surface area contributed by atoms with Crippen LogP contribution in [0, 0.1) is 0 Å². The molecule has 126 valence electrons. The minimum absolute atomic E-state index is 0.000188. The van der Waals surface area contributed by atoms with Crippen LogP contribution in [0.25, 0.3) is 0 Å². The Hall–Kier alpha value is -2.08. The zero-order valence-electron chi connectivity index (χ0n) is 13.7. The lowest BCUT2D eigenvalue weighted by Gasteiger charge is -2.36. The SMILES string of the molecule is C[C@@H](NC(=O)N1CCN(c2ccncc2)CC1)c1ccc(Br)cc1. The molecule has 1 fully saturated rings. The molecule has 0 radical (unpaired) electrons. The number of carbonyl (C=O) groups excluding carboxylic acids is 1. The Kier molecular flexibility index (Phi) is 5.35. The molecule has 2 heterocycles. The van der Waals surface area contributed by atoms with Crippen LogP contribution in [0.5, 0.6) is 0 Å². The fourth-order valence-corrected chi connectivity index (χ4v) is 3.10. The third-order valence-electron chi connectivity index (χ3n) is 4.30. The molecular formula is C18H21BrN4O. The van der Waals surface area contributed by atoms with Gasteiger partial charge in [0.2, 0.25) is 0 Å². The molecule has 1 aliphatic rings. The predicted molar refractivity (Wildman–Crippen MR) is 99.1 cm³/mol. The van der Waals surface area contributed by atoms with Crippen LogP contribution in [0.4, 0.5) is 10.5 Å². The average Bonchev–Trinajstić information content (AvgIpc) is 2.63. The maximum Gasteiger partial charge on any atom is 0.317 e. The van der Waals surface area contributed by atoms with Crippen molar-refractivity contribution in [3.63, 3.8) is 0 Å². The fraction of sp³-hybridized carbons (Fsp3) is 0.333. The summed E-state index contributed by atoms with van der Waals surface area (Å²) in [5.41, 5.74) is 2.26. The van der Waals surface area contributed by atoms with E-state index in [2.05, 4.69) is 31.1 Å². The number of urea groups is 1. The maximum absolute atomic E-state index is 12.5. The van der Waals surface area contributed by atoms with Gasteiger partial charge in [-0.15, -0.1) is 0 Å². The first-order chi connectivity index (χ1) is 11.6. The zero-order chi connectivity index (χ0) is 16.9. The minimum atomic E-state index is -0.0103. The van der Waals surface area contributed by atoms with E-state index in [1.54, 1.807) is 12.4 Å². The summed E-state index contributed by atoms with van der Waals surface area (Å²) < 4.78 is 1.04. The van der Waals surface area contributed by atoms with E-state index < -0.39 is 0 Å². The van der Waals surface area contributed by atoms with Gasteiger partial charge < -0.3 is 15.1 Å². The van der Waals surface area contributed by atoms with Gasteiger partial charge in [-0.3, -0.25) is 4.98 Å². The van der Waals surface area contributed by atoms with Crippen molar-refractivity contribution in [1.29, 1.82) is 0 Å². The second-order valence-corrected chi connectivity index (χ2v) is 6.82. The van der Waals surface area contributed by atoms with Gasteiger partial charge in [-0.25, -0.2) is 4.79 Å². The summed E-state index contributed by atoms with van der Waals surface area (Å²) in [4.78, 5) is 20.7. The number of aromatic nitrogens is 1. The number of hydrogen-bond donors (Lipinski definition) is 1. The van der Waals surface area contributed by atoms with Crippen molar-refractivity contribution in [2.45, 2.75) is 13.0 Å². The minimum Gasteiger partial charge on any atom is -0.368 e. The summed E-state index contributed by atoms with van der Waals surface area (Å²) >= 11 is 3.43. The summed E-state index contributed by atoms with van der Waals surface area (Å²) in [7, 11) is 0. The molecular weight excluding hydrogens is 368 g/mol. The van der Waals surface area contributed by atoms with E-state index in [4.69, 9.17) is 0 Å². The van der Waals surface area contributed by atoms with E-state index in [-0.39, 0.29) is 12.1 Å². The van der Waals surface area contributed by atoms with Crippen LogP contribution in [0.3, 0.4) is 0 Å². The summed E-state index contributed by atoms with van der Waals surface area (Å²) in [6.07, 6.45) is 3.60. The highest BCUT2D eigenvalue weighted by atomic mass is 79.9. The molecule has 6 heteroatoms. The van der Waals surface area contributed by atoms with Gasteiger partial charge in [0.05, 0.1) is 6.04 Å². The van der Waals surface area contributed by atoms with Gasteiger partial charge in [-0.2, -0.15) is 0 Å².